The van der Waals surface area contributed by atoms with Gasteiger partial charge in [0, 0.05) is 30.5 Å². The zero-order valence-electron chi connectivity index (χ0n) is 17.3. The van der Waals surface area contributed by atoms with Crippen molar-refractivity contribution >= 4 is 16.9 Å². The number of rotatable bonds is 8. The monoisotopic (exact) mass is 417 g/mol. The molecular formula is C26H24FNO3. The largest absolute Gasteiger partial charge is 0.481 e. The van der Waals surface area contributed by atoms with Crippen molar-refractivity contribution in [2.24, 2.45) is 5.92 Å². The summed E-state index contributed by atoms with van der Waals surface area (Å²) in [5, 5.41) is 13.0. The zero-order valence-corrected chi connectivity index (χ0v) is 17.3. The molecule has 1 aromatic heterocycles. The molecule has 0 bridgehead atoms. The smallest absolute Gasteiger partial charge is 0.307 e. The Kier molecular flexibility index (Phi) is 6.14. The maximum atomic E-state index is 15.1. The fourth-order valence-electron chi connectivity index (χ4n) is 3.66. The highest BCUT2D eigenvalue weighted by Gasteiger charge is 2.19. The number of fused-ring (bicyclic) bond motifs is 1. The molecule has 0 amide bonds. The summed E-state index contributed by atoms with van der Waals surface area (Å²) < 4.78 is 21.2. The number of carboxylic acid groups (broad SMARTS) is 1. The molecule has 0 aliphatic rings. The van der Waals surface area contributed by atoms with Crippen molar-refractivity contribution in [1.29, 1.82) is 0 Å². The lowest BCUT2D eigenvalue weighted by Gasteiger charge is -2.10. The van der Waals surface area contributed by atoms with E-state index in [1.165, 1.54) is 6.07 Å². The van der Waals surface area contributed by atoms with Crippen LogP contribution in [0.1, 0.15) is 23.6 Å². The minimum Gasteiger partial charge on any atom is -0.481 e. The Hall–Kier alpha value is -3.44. The third-order valence-electron chi connectivity index (χ3n) is 5.40. The van der Waals surface area contributed by atoms with Gasteiger partial charge in [0.25, 0.3) is 0 Å². The Morgan fingerprint density at radius 1 is 1.03 bits per heavy atom. The Morgan fingerprint density at radius 2 is 1.77 bits per heavy atom. The first-order valence-electron chi connectivity index (χ1n) is 10.3. The maximum Gasteiger partial charge on any atom is 0.307 e. The number of benzene rings is 3. The molecule has 4 nitrogen and oxygen atoms in total. The van der Waals surface area contributed by atoms with Crippen molar-refractivity contribution in [1.82, 2.24) is 5.32 Å². The predicted octanol–water partition coefficient (Wildman–Crippen LogP) is 5.64. The SMILES string of the molecule is CC(CNCc1ccc(-c2oc3ccccc3c2Cc2ccccc2)c(F)c1)C(=O)O. The van der Waals surface area contributed by atoms with E-state index in [0.717, 1.165) is 27.7 Å². The van der Waals surface area contributed by atoms with Crippen LogP contribution in [0.15, 0.2) is 77.2 Å². The summed E-state index contributed by atoms with van der Waals surface area (Å²) in [6.45, 7) is 2.35. The van der Waals surface area contributed by atoms with Crippen molar-refractivity contribution in [3.05, 3.63) is 95.3 Å². The number of para-hydroxylation sites is 1. The molecule has 0 aliphatic carbocycles. The van der Waals surface area contributed by atoms with Gasteiger partial charge < -0.3 is 14.8 Å². The lowest BCUT2D eigenvalue weighted by Crippen LogP contribution is -2.25. The molecule has 4 aromatic rings. The zero-order chi connectivity index (χ0) is 21.8. The molecule has 3 aromatic carbocycles. The van der Waals surface area contributed by atoms with Gasteiger partial charge >= 0.3 is 5.97 Å². The van der Waals surface area contributed by atoms with Crippen LogP contribution in [0.25, 0.3) is 22.3 Å². The molecule has 0 aliphatic heterocycles. The maximum absolute atomic E-state index is 15.1. The molecule has 4 rings (SSSR count). The van der Waals surface area contributed by atoms with E-state index in [4.69, 9.17) is 9.52 Å². The Bertz CT molecular complexity index is 1200. The van der Waals surface area contributed by atoms with Gasteiger partial charge in [0.05, 0.1) is 11.5 Å². The van der Waals surface area contributed by atoms with Gasteiger partial charge in [-0.25, -0.2) is 4.39 Å². The van der Waals surface area contributed by atoms with E-state index in [9.17, 15) is 4.79 Å². The molecule has 1 heterocycles. The number of hydrogen-bond donors (Lipinski definition) is 2. The Labute approximate surface area is 180 Å². The summed E-state index contributed by atoms with van der Waals surface area (Å²) in [5.74, 6) is -1.18. The van der Waals surface area contributed by atoms with E-state index in [1.807, 2.05) is 48.5 Å². The normalized spacial score (nSPS) is 12.2. The minimum atomic E-state index is -0.857. The van der Waals surface area contributed by atoms with Crippen LogP contribution in [-0.2, 0) is 17.8 Å². The minimum absolute atomic E-state index is 0.323. The van der Waals surface area contributed by atoms with Gasteiger partial charge in [-0.15, -0.1) is 0 Å². The summed E-state index contributed by atoms with van der Waals surface area (Å²) in [7, 11) is 0. The Morgan fingerprint density at radius 3 is 2.52 bits per heavy atom. The molecule has 0 fully saturated rings. The van der Waals surface area contributed by atoms with Crippen LogP contribution in [0.2, 0.25) is 0 Å². The van der Waals surface area contributed by atoms with E-state index in [1.54, 1.807) is 13.0 Å². The second kappa shape index (κ2) is 9.14. The number of halogens is 1. The van der Waals surface area contributed by atoms with Gasteiger partial charge in [0.1, 0.15) is 17.2 Å². The van der Waals surface area contributed by atoms with Crippen LogP contribution in [0, 0.1) is 11.7 Å². The first-order chi connectivity index (χ1) is 15.0. The van der Waals surface area contributed by atoms with Gasteiger partial charge in [-0.05, 0) is 29.3 Å². The molecule has 0 spiro atoms. The second-order valence-electron chi connectivity index (χ2n) is 7.75. The predicted molar refractivity (Wildman–Crippen MR) is 119 cm³/mol. The summed E-state index contributed by atoms with van der Waals surface area (Å²) in [5.41, 5.74) is 3.99. The van der Waals surface area contributed by atoms with Gasteiger partial charge in [0.15, 0.2) is 0 Å². The molecule has 1 unspecified atom stereocenters. The number of aliphatic carboxylic acids is 1. The van der Waals surface area contributed by atoms with Gasteiger partial charge in [-0.2, -0.15) is 0 Å². The molecule has 0 radical (unpaired) electrons. The standard InChI is InChI=1S/C26H24FNO3/c1-17(26(29)30)15-28-16-19-11-12-21(23(27)14-19)25-22(13-18-7-3-2-4-8-18)20-9-5-6-10-24(20)31-25/h2-12,14,17,28H,13,15-16H2,1H3,(H,29,30). The molecule has 0 saturated carbocycles. The van der Waals surface area contributed by atoms with Crippen molar-refractivity contribution in [3.8, 4) is 11.3 Å². The van der Waals surface area contributed by atoms with Crippen LogP contribution in [0.5, 0.6) is 0 Å². The molecule has 1 atom stereocenters. The molecule has 2 N–H and O–H groups in total. The number of carbonyl (C=O) groups is 1. The van der Waals surface area contributed by atoms with Crippen LogP contribution >= 0.6 is 0 Å². The van der Waals surface area contributed by atoms with Crippen LogP contribution in [0.4, 0.5) is 4.39 Å². The van der Waals surface area contributed by atoms with Crippen LogP contribution in [0.3, 0.4) is 0 Å². The lowest BCUT2D eigenvalue weighted by molar-refractivity contribution is -0.140. The average molecular weight is 417 g/mol. The fraction of sp³-hybridized carbons (Fsp3) is 0.192. The quantitative estimate of drug-likeness (QED) is 0.389. The number of furan rings is 1. The number of carboxylic acids is 1. The van der Waals surface area contributed by atoms with Crippen LogP contribution in [-0.4, -0.2) is 17.6 Å². The third-order valence-corrected chi connectivity index (χ3v) is 5.40. The number of nitrogens with one attached hydrogen (secondary N) is 1. The van der Waals surface area contributed by atoms with Crippen molar-refractivity contribution in [2.75, 3.05) is 6.54 Å². The first-order valence-corrected chi connectivity index (χ1v) is 10.3. The Balaban J connectivity index is 1.64. The molecule has 31 heavy (non-hydrogen) atoms. The number of hydrogen-bond acceptors (Lipinski definition) is 3. The van der Waals surface area contributed by atoms with Crippen molar-refractivity contribution < 1.29 is 18.7 Å². The first kappa shape index (κ1) is 20.8. The van der Waals surface area contributed by atoms with Gasteiger partial charge in [-0.3, -0.25) is 4.79 Å². The van der Waals surface area contributed by atoms with Gasteiger partial charge in [0.2, 0.25) is 0 Å². The van der Waals surface area contributed by atoms with E-state index >= 15 is 4.39 Å². The van der Waals surface area contributed by atoms with E-state index in [2.05, 4.69) is 17.4 Å². The van der Waals surface area contributed by atoms with E-state index < -0.39 is 11.9 Å². The second-order valence-corrected chi connectivity index (χ2v) is 7.75. The molecule has 0 saturated heterocycles. The molecule has 158 valence electrons. The highest BCUT2D eigenvalue weighted by Crippen LogP contribution is 2.36. The summed E-state index contributed by atoms with van der Waals surface area (Å²) >= 11 is 0. The topological polar surface area (TPSA) is 62.5 Å². The van der Waals surface area contributed by atoms with Crippen LogP contribution < -0.4 is 5.32 Å². The van der Waals surface area contributed by atoms with E-state index in [-0.39, 0.29) is 5.82 Å². The molecular weight excluding hydrogens is 393 g/mol. The highest BCUT2D eigenvalue weighted by atomic mass is 19.1. The highest BCUT2D eigenvalue weighted by molar-refractivity contribution is 5.88. The van der Waals surface area contributed by atoms with Crippen molar-refractivity contribution in [3.63, 3.8) is 0 Å². The summed E-state index contributed by atoms with van der Waals surface area (Å²) in [6.07, 6.45) is 0.642. The molecule has 5 heteroatoms. The van der Waals surface area contributed by atoms with Crippen molar-refractivity contribution in [2.45, 2.75) is 19.9 Å². The fourth-order valence-corrected chi connectivity index (χ4v) is 3.66. The summed E-state index contributed by atoms with van der Waals surface area (Å²) in [6, 6.07) is 22.9. The van der Waals surface area contributed by atoms with Gasteiger partial charge in [-0.1, -0.05) is 61.5 Å². The lowest BCUT2D eigenvalue weighted by atomic mass is 9.98. The average Bonchev–Trinajstić information content (AvgIpc) is 3.12. The summed E-state index contributed by atoms with van der Waals surface area (Å²) in [4.78, 5) is 10.9. The van der Waals surface area contributed by atoms with E-state index in [0.29, 0.717) is 30.8 Å². The third kappa shape index (κ3) is 4.67.